The van der Waals surface area contributed by atoms with Crippen molar-refractivity contribution < 1.29 is 28.2 Å². The number of aromatic hydroxyl groups is 1. The molecule has 1 aliphatic rings. The van der Waals surface area contributed by atoms with Gasteiger partial charge in [0.05, 0.1) is 26.9 Å². The number of ether oxygens (including phenoxy) is 2. The predicted molar refractivity (Wildman–Crippen MR) is 123 cm³/mol. The summed E-state index contributed by atoms with van der Waals surface area (Å²) in [5.74, 6) is 0.523. The van der Waals surface area contributed by atoms with Crippen molar-refractivity contribution in [1.29, 1.82) is 0 Å². The first kappa shape index (κ1) is 22.2. The van der Waals surface area contributed by atoms with Crippen LogP contribution in [0, 0.1) is 5.82 Å². The summed E-state index contributed by atoms with van der Waals surface area (Å²) in [5.41, 5.74) is 4.97. The lowest BCUT2D eigenvalue weighted by molar-refractivity contribution is -0.120. The summed E-state index contributed by atoms with van der Waals surface area (Å²) >= 11 is 0. The van der Waals surface area contributed by atoms with Gasteiger partial charge in [-0.1, -0.05) is 6.07 Å². The number of amides is 1. The summed E-state index contributed by atoms with van der Waals surface area (Å²) < 4.78 is 29.9. The van der Waals surface area contributed by atoms with Gasteiger partial charge in [0.2, 0.25) is 11.7 Å². The van der Waals surface area contributed by atoms with Crippen molar-refractivity contribution in [2.75, 3.05) is 20.8 Å². The second kappa shape index (κ2) is 9.24. The Balaban J connectivity index is 1.69. The maximum absolute atomic E-state index is 14.1. The molecule has 2 N–H and O–H groups in total. The maximum Gasteiger partial charge on any atom is 0.227 e. The third kappa shape index (κ3) is 4.48. The van der Waals surface area contributed by atoms with Gasteiger partial charge in [-0.25, -0.2) is 4.39 Å². The highest BCUT2D eigenvalue weighted by atomic mass is 19.1. The van der Waals surface area contributed by atoms with Crippen LogP contribution in [0.1, 0.15) is 29.4 Å². The highest BCUT2D eigenvalue weighted by molar-refractivity contribution is 6.06. The average Bonchev–Trinajstić information content (AvgIpc) is 3.39. The first-order valence-corrected chi connectivity index (χ1v) is 10.4. The molecular weight excluding hydrogens is 425 g/mol. The van der Waals surface area contributed by atoms with Gasteiger partial charge < -0.3 is 24.3 Å². The number of rotatable bonds is 7. The lowest BCUT2D eigenvalue weighted by Crippen LogP contribution is -2.26. The third-order valence-corrected chi connectivity index (χ3v) is 5.64. The first-order valence-electron chi connectivity index (χ1n) is 10.4. The Labute approximate surface area is 191 Å². The number of methoxy groups -OCH3 is 2. The van der Waals surface area contributed by atoms with Crippen molar-refractivity contribution in [2.45, 2.75) is 13.3 Å². The number of furan rings is 1. The number of carbonyl (C=O) groups excluding carboxylic acids is 1. The van der Waals surface area contributed by atoms with Crippen LogP contribution >= 0.6 is 0 Å². The molecule has 0 aliphatic heterocycles. The Hall–Kier alpha value is -4.00. The molecule has 3 aromatic rings. The summed E-state index contributed by atoms with van der Waals surface area (Å²) in [7, 11) is 2.93. The van der Waals surface area contributed by atoms with E-state index in [0.717, 1.165) is 33.4 Å². The van der Waals surface area contributed by atoms with Crippen LogP contribution < -0.4 is 14.8 Å². The van der Waals surface area contributed by atoms with Crippen molar-refractivity contribution in [1.82, 2.24) is 5.32 Å². The standard InChI is InChI=1S/C26H24FNO5/c1-15-20(9-16-10-23(31-2)26(30)24(11-16)32-3)19-7-6-17(27)12-21(19)22(15)14-28-25(29)13-18-5-4-8-33-18/h4-12,30H,13-14H2,1-3H3,(H,28,29). The molecule has 1 aromatic heterocycles. The van der Waals surface area contributed by atoms with Crippen LogP contribution in [-0.4, -0.2) is 31.8 Å². The van der Waals surface area contributed by atoms with Crippen LogP contribution in [-0.2, 0) is 11.2 Å². The van der Waals surface area contributed by atoms with Gasteiger partial charge in [0, 0.05) is 6.54 Å². The summed E-state index contributed by atoms with van der Waals surface area (Å²) in [6, 6.07) is 11.5. The van der Waals surface area contributed by atoms with Crippen molar-refractivity contribution in [3.8, 4) is 17.2 Å². The SMILES string of the molecule is COc1cc(C=C2C(C)=C(CNC(=O)Cc3ccco3)c3cc(F)ccc32)cc(OC)c1O. The quantitative estimate of drug-likeness (QED) is 0.540. The molecule has 1 aliphatic carbocycles. The molecule has 170 valence electrons. The predicted octanol–water partition coefficient (Wildman–Crippen LogP) is 4.83. The zero-order valence-corrected chi connectivity index (χ0v) is 18.6. The van der Waals surface area contributed by atoms with Gasteiger partial charge in [0.1, 0.15) is 11.6 Å². The van der Waals surface area contributed by atoms with E-state index in [-0.39, 0.29) is 41.9 Å². The molecular formula is C26H24FNO5. The Morgan fingerprint density at radius 1 is 1.12 bits per heavy atom. The fourth-order valence-electron chi connectivity index (χ4n) is 3.97. The molecule has 0 radical (unpaired) electrons. The van der Waals surface area contributed by atoms with Gasteiger partial charge in [-0.2, -0.15) is 0 Å². The second-order valence-electron chi connectivity index (χ2n) is 7.66. The van der Waals surface area contributed by atoms with E-state index in [1.54, 1.807) is 30.3 Å². The molecule has 0 saturated heterocycles. The summed E-state index contributed by atoms with van der Waals surface area (Å²) in [6.07, 6.45) is 3.58. The molecule has 0 bridgehead atoms. The van der Waals surface area contributed by atoms with E-state index >= 15 is 0 Å². The smallest absolute Gasteiger partial charge is 0.227 e. The molecule has 4 rings (SSSR count). The highest BCUT2D eigenvalue weighted by Gasteiger charge is 2.25. The van der Waals surface area contributed by atoms with Crippen molar-refractivity contribution in [3.05, 3.63) is 82.6 Å². The molecule has 1 heterocycles. The van der Waals surface area contributed by atoms with Crippen LogP contribution in [0.5, 0.6) is 17.2 Å². The fraction of sp³-hybridized carbons (Fsp3) is 0.192. The van der Waals surface area contributed by atoms with Gasteiger partial charge in [-0.05, 0) is 82.8 Å². The molecule has 33 heavy (non-hydrogen) atoms. The van der Waals surface area contributed by atoms with Gasteiger partial charge in [0.15, 0.2) is 11.5 Å². The first-order chi connectivity index (χ1) is 15.9. The van der Waals surface area contributed by atoms with Crippen LogP contribution in [0.15, 0.2) is 58.7 Å². The van der Waals surface area contributed by atoms with E-state index in [0.29, 0.717) is 5.76 Å². The zero-order valence-electron chi connectivity index (χ0n) is 18.6. The molecule has 1 amide bonds. The van der Waals surface area contributed by atoms with Crippen LogP contribution in [0.25, 0.3) is 17.2 Å². The van der Waals surface area contributed by atoms with Crippen LogP contribution in [0.4, 0.5) is 4.39 Å². The van der Waals surface area contributed by atoms with E-state index in [9.17, 15) is 14.3 Å². The fourth-order valence-corrected chi connectivity index (χ4v) is 3.97. The van der Waals surface area contributed by atoms with Crippen molar-refractivity contribution >= 4 is 23.1 Å². The van der Waals surface area contributed by atoms with E-state index in [2.05, 4.69) is 5.32 Å². The minimum atomic E-state index is -0.352. The average molecular weight is 449 g/mol. The molecule has 6 nitrogen and oxygen atoms in total. The number of hydrogen-bond acceptors (Lipinski definition) is 5. The minimum Gasteiger partial charge on any atom is -0.502 e. The number of carbonyl (C=O) groups is 1. The summed E-state index contributed by atoms with van der Waals surface area (Å²) in [4.78, 5) is 12.4. The van der Waals surface area contributed by atoms with Crippen molar-refractivity contribution in [2.24, 2.45) is 0 Å². The molecule has 0 saturated carbocycles. The number of fused-ring (bicyclic) bond motifs is 1. The third-order valence-electron chi connectivity index (χ3n) is 5.64. The number of phenols is 1. The Kier molecular flexibility index (Phi) is 6.22. The monoisotopic (exact) mass is 449 g/mol. The minimum absolute atomic E-state index is 0.0803. The summed E-state index contributed by atoms with van der Waals surface area (Å²) in [5, 5.41) is 13.1. The Morgan fingerprint density at radius 3 is 2.48 bits per heavy atom. The normalized spacial score (nSPS) is 13.9. The van der Waals surface area contributed by atoms with Crippen LogP contribution in [0.2, 0.25) is 0 Å². The van der Waals surface area contributed by atoms with E-state index in [4.69, 9.17) is 13.9 Å². The Bertz CT molecular complexity index is 1230. The van der Waals surface area contributed by atoms with Gasteiger partial charge in [0.25, 0.3) is 0 Å². The Morgan fingerprint density at radius 2 is 1.85 bits per heavy atom. The molecule has 0 spiro atoms. The van der Waals surface area contributed by atoms with Gasteiger partial charge in [-0.3, -0.25) is 4.79 Å². The maximum atomic E-state index is 14.1. The number of phenolic OH excluding ortho intramolecular Hbond substituents is 1. The summed E-state index contributed by atoms with van der Waals surface area (Å²) in [6.45, 7) is 2.19. The number of benzene rings is 2. The number of hydrogen-bond donors (Lipinski definition) is 2. The molecule has 2 aromatic carbocycles. The number of halogens is 1. The van der Waals surface area contributed by atoms with E-state index in [1.165, 1.54) is 32.6 Å². The molecule has 0 unspecified atom stereocenters. The van der Waals surface area contributed by atoms with Crippen molar-refractivity contribution in [3.63, 3.8) is 0 Å². The van der Waals surface area contributed by atoms with Gasteiger partial charge >= 0.3 is 0 Å². The second-order valence-corrected chi connectivity index (χ2v) is 7.66. The largest absolute Gasteiger partial charge is 0.502 e. The lowest BCUT2D eigenvalue weighted by Gasteiger charge is -2.11. The van der Waals surface area contributed by atoms with E-state index in [1.807, 2.05) is 13.0 Å². The van der Waals surface area contributed by atoms with E-state index < -0.39 is 0 Å². The molecule has 7 heteroatoms. The highest BCUT2D eigenvalue weighted by Crippen LogP contribution is 2.44. The van der Waals surface area contributed by atoms with Gasteiger partial charge in [-0.15, -0.1) is 0 Å². The topological polar surface area (TPSA) is 80.9 Å². The molecule has 0 fully saturated rings. The number of nitrogens with one attached hydrogen (secondary N) is 1. The molecule has 0 atom stereocenters. The number of allylic oxidation sites excluding steroid dienone is 2. The zero-order chi connectivity index (χ0) is 23.5. The van der Waals surface area contributed by atoms with Crippen LogP contribution in [0.3, 0.4) is 0 Å². The lowest BCUT2D eigenvalue weighted by atomic mass is 10.00.